The molecule has 1 aromatic carbocycles. The molecule has 0 aromatic heterocycles. The second kappa shape index (κ2) is 6.39. The van der Waals surface area contributed by atoms with Crippen LogP contribution < -0.4 is 0 Å². The maximum absolute atomic E-state index is 13.3. The summed E-state index contributed by atoms with van der Waals surface area (Å²) in [7, 11) is -1.04. The van der Waals surface area contributed by atoms with Crippen LogP contribution in [0.5, 0.6) is 0 Å². The lowest BCUT2D eigenvalue weighted by atomic mass is 10.1. The highest BCUT2D eigenvalue weighted by Crippen LogP contribution is 2.13. The van der Waals surface area contributed by atoms with Crippen LogP contribution >= 0.6 is 0 Å². The smallest absolute Gasteiger partial charge is 0.127 e. The Bertz CT molecular complexity index is 426. The third-order valence-corrected chi connectivity index (χ3v) is 3.59. The number of nitriles is 1. The average Bonchev–Trinajstić information content (AvgIpc) is 2.29. The summed E-state index contributed by atoms with van der Waals surface area (Å²) in [5.74, 6) is 0.400. The van der Waals surface area contributed by atoms with E-state index in [9.17, 15) is 8.60 Å². The summed E-state index contributed by atoms with van der Waals surface area (Å²) in [6.07, 6.45) is 1.86. The summed E-state index contributed by atoms with van der Waals surface area (Å²) in [5, 5.41) is 8.68. The fourth-order valence-corrected chi connectivity index (χ4v) is 2.63. The molecule has 0 bridgehead atoms. The van der Waals surface area contributed by atoms with Gasteiger partial charge >= 0.3 is 0 Å². The summed E-state index contributed by atoms with van der Waals surface area (Å²) >= 11 is 0. The molecule has 0 aliphatic rings. The van der Waals surface area contributed by atoms with E-state index < -0.39 is 10.8 Å². The van der Waals surface area contributed by atoms with Gasteiger partial charge in [0.25, 0.3) is 0 Å². The van der Waals surface area contributed by atoms with E-state index in [1.807, 2.05) is 13.0 Å². The summed E-state index contributed by atoms with van der Waals surface area (Å²) in [5.41, 5.74) is 0.775. The number of nitrogens with zero attached hydrogens (tertiary/aromatic N) is 1. The van der Waals surface area contributed by atoms with E-state index >= 15 is 0 Å². The molecular formula is C12H14FNOS. The topological polar surface area (TPSA) is 40.9 Å². The fourth-order valence-electron chi connectivity index (χ4n) is 1.31. The highest BCUT2D eigenvalue weighted by Gasteiger charge is 2.07. The molecule has 1 atom stereocenters. The van der Waals surface area contributed by atoms with Gasteiger partial charge in [0, 0.05) is 22.1 Å². The van der Waals surface area contributed by atoms with E-state index in [2.05, 4.69) is 0 Å². The van der Waals surface area contributed by atoms with Crippen LogP contribution in [0.25, 0.3) is 0 Å². The molecule has 0 aliphatic carbocycles. The molecule has 86 valence electrons. The van der Waals surface area contributed by atoms with Crippen LogP contribution in [0, 0.1) is 17.1 Å². The largest absolute Gasteiger partial charge is 0.259 e. The highest BCUT2D eigenvalue weighted by molar-refractivity contribution is 7.84. The van der Waals surface area contributed by atoms with Crippen molar-refractivity contribution >= 4 is 10.8 Å². The Labute approximate surface area is 97.6 Å². The van der Waals surface area contributed by atoms with Gasteiger partial charge in [-0.3, -0.25) is 4.21 Å². The molecule has 0 heterocycles. The molecule has 0 radical (unpaired) electrons. The number of benzene rings is 1. The van der Waals surface area contributed by atoms with Crippen LogP contribution in [-0.4, -0.2) is 9.96 Å². The molecule has 0 spiro atoms. The quantitative estimate of drug-likeness (QED) is 0.792. The maximum atomic E-state index is 13.3. The fraction of sp³-hybridized carbons (Fsp3) is 0.417. The Hall–Kier alpha value is -1.21. The minimum Gasteiger partial charge on any atom is -0.259 e. The van der Waals surface area contributed by atoms with Crippen molar-refractivity contribution in [2.75, 3.05) is 5.75 Å². The lowest BCUT2D eigenvalue weighted by molar-refractivity contribution is 0.615. The Morgan fingerprint density at radius 2 is 2.25 bits per heavy atom. The predicted octanol–water partition coefficient (Wildman–Crippen LogP) is 2.75. The number of hydrogen-bond donors (Lipinski definition) is 0. The van der Waals surface area contributed by atoms with Crippen LogP contribution in [0.15, 0.2) is 18.2 Å². The van der Waals surface area contributed by atoms with E-state index in [4.69, 9.17) is 5.26 Å². The maximum Gasteiger partial charge on any atom is 0.127 e. The molecule has 0 amide bonds. The zero-order valence-corrected chi connectivity index (χ0v) is 10.0. The first kappa shape index (κ1) is 12.9. The minimum atomic E-state index is -1.04. The van der Waals surface area contributed by atoms with Crippen molar-refractivity contribution in [3.05, 3.63) is 35.1 Å². The van der Waals surface area contributed by atoms with Crippen LogP contribution in [0.2, 0.25) is 0 Å². The third kappa shape index (κ3) is 3.74. The van der Waals surface area contributed by atoms with Crippen LogP contribution in [0.4, 0.5) is 4.39 Å². The second-order valence-corrected chi connectivity index (χ2v) is 5.14. The Balaban J connectivity index is 2.73. The number of unbranched alkanes of at least 4 members (excludes halogenated alkanes) is 1. The molecule has 1 aromatic rings. The molecule has 0 aliphatic heterocycles. The van der Waals surface area contributed by atoms with Gasteiger partial charge in [0.1, 0.15) is 5.82 Å². The first-order chi connectivity index (χ1) is 7.67. The zero-order valence-electron chi connectivity index (χ0n) is 9.20. The van der Waals surface area contributed by atoms with Gasteiger partial charge in [-0.2, -0.15) is 5.26 Å². The summed E-state index contributed by atoms with van der Waals surface area (Å²) in [4.78, 5) is 0. The molecule has 0 fully saturated rings. The number of hydrogen-bond acceptors (Lipinski definition) is 2. The van der Waals surface area contributed by atoms with Gasteiger partial charge in [0.15, 0.2) is 0 Å². The van der Waals surface area contributed by atoms with Crippen LogP contribution in [0.3, 0.4) is 0 Å². The molecule has 0 saturated carbocycles. The lowest BCUT2D eigenvalue weighted by Gasteiger charge is -2.03. The molecular weight excluding hydrogens is 225 g/mol. The van der Waals surface area contributed by atoms with E-state index in [1.165, 1.54) is 18.2 Å². The molecule has 1 unspecified atom stereocenters. The Kier molecular flexibility index (Phi) is 5.13. The Morgan fingerprint density at radius 3 is 2.88 bits per heavy atom. The lowest BCUT2D eigenvalue weighted by Crippen LogP contribution is -2.03. The van der Waals surface area contributed by atoms with Crippen molar-refractivity contribution < 1.29 is 8.60 Å². The third-order valence-electron chi connectivity index (χ3n) is 2.22. The van der Waals surface area contributed by atoms with Gasteiger partial charge in [-0.25, -0.2) is 4.39 Å². The zero-order chi connectivity index (χ0) is 12.0. The van der Waals surface area contributed by atoms with Crippen LogP contribution in [0.1, 0.15) is 30.9 Å². The number of halogens is 1. The minimum absolute atomic E-state index is 0.196. The first-order valence-corrected chi connectivity index (χ1v) is 6.69. The summed E-state index contributed by atoms with van der Waals surface area (Å²) in [6, 6.07) is 6.10. The SMILES string of the molecule is CCCCS(=O)Cc1cc(C#N)ccc1F. The van der Waals surface area contributed by atoms with E-state index in [0.29, 0.717) is 16.9 Å². The molecule has 2 nitrogen and oxygen atoms in total. The predicted molar refractivity (Wildman–Crippen MR) is 62.7 cm³/mol. The van der Waals surface area contributed by atoms with Gasteiger partial charge in [0.05, 0.1) is 17.4 Å². The molecule has 4 heteroatoms. The van der Waals surface area contributed by atoms with E-state index in [-0.39, 0.29) is 11.6 Å². The standard InChI is InChI=1S/C12H14FNOS/c1-2-3-6-16(15)9-11-7-10(8-14)4-5-12(11)13/h4-5,7H,2-3,6,9H2,1H3. The van der Waals surface area contributed by atoms with Crippen molar-refractivity contribution in [3.63, 3.8) is 0 Å². The van der Waals surface area contributed by atoms with Gasteiger partial charge in [0.2, 0.25) is 0 Å². The van der Waals surface area contributed by atoms with Gasteiger partial charge < -0.3 is 0 Å². The van der Waals surface area contributed by atoms with Crippen molar-refractivity contribution in [1.29, 1.82) is 5.26 Å². The van der Waals surface area contributed by atoms with Gasteiger partial charge in [-0.15, -0.1) is 0 Å². The summed E-state index contributed by atoms with van der Waals surface area (Å²) < 4.78 is 24.9. The van der Waals surface area contributed by atoms with Gasteiger partial charge in [-0.05, 0) is 24.6 Å². The van der Waals surface area contributed by atoms with E-state index in [0.717, 1.165) is 12.8 Å². The van der Waals surface area contributed by atoms with Crippen molar-refractivity contribution in [3.8, 4) is 6.07 Å². The average molecular weight is 239 g/mol. The van der Waals surface area contributed by atoms with Crippen molar-refractivity contribution in [2.24, 2.45) is 0 Å². The molecule has 0 N–H and O–H groups in total. The Morgan fingerprint density at radius 1 is 1.50 bits per heavy atom. The van der Waals surface area contributed by atoms with Gasteiger partial charge in [-0.1, -0.05) is 13.3 Å². The van der Waals surface area contributed by atoms with E-state index in [1.54, 1.807) is 0 Å². The van der Waals surface area contributed by atoms with Crippen molar-refractivity contribution in [2.45, 2.75) is 25.5 Å². The second-order valence-electron chi connectivity index (χ2n) is 3.56. The normalized spacial score (nSPS) is 12.1. The monoisotopic (exact) mass is 239 g/mol. The van der Waals surface area contributed by atoms with Crippen molar-refractivity contribution in [1.82, 2.24) is 0 Å². The summed E-state index contributed by atoms with van der Waals surface area (Å²) in [6.45, 7) is 2.02. The molecule has 16 heavy (non-hydrogen) atoms. The number of rotatable bonds is 5. The first-order valence-electron chi connectivity index (χ1n) is 5.21. The molecule has 0 saturated heterocycles. The van der Waals surface area contributed by atoms with Crippen LogP contribution in [-0.2, 0) is 16.6 Å². The highest BCUT2D eigenvalue weighted by atomic mass is 32.2. The molecule has 1 rings (SSSR count).